The summed E-state index contributed by atoms with van der Waals surface area (Å²) in [5.74, 6) is 0.393. The molecule has 0 spiro atoms. The Morgan fingerprint density at radius 2 is 1.83 bits per heavy atom. The molecule has 0 radical (unpaired) electrons. The number of hydrogen-bond acceptors (Lipinski definition) is 3. The molecule has 0 unspecified atom stereocenters. The van der Waals surface area contributed by atoms with Crippen molar-refractivity contribution in [3.05, 3.63) is 24.0 Å². The maximum absolute atomic E-state index is 13.1. The first-order chi connectivity index (χ1) is 13.9. The van der Waals surface area contributed by atoms with Gasteiger partial charge in [-0.1, -0.05) is 46.5 Å². The third-order valence-corrected chi connectivity index (χ3v) is 5.08. The second-order valence-electron chi connectivity index (χ2n) is 8.25. The van der Waals surface area contributed by atoms with E-state index in [2.05, 4.69) is 20.8 Å². The number of aromatic nitrogens is 1. The van der Waals surface area contributed by atoms with Gasteiger partial charge in [0.2, 0.25) is 11.8 Å². The SMILES string of the molecule is CCCCCCCC(=O)N(CC(=O)N(CCOC)Cc1cccn1C)CC(C)C. The number of aryl methyl sites for hydroxylation is 1. The summed E-state index contributed by atoms with van der Waals surface area (Å²) in [4.78, 5) is 29.4. The fourth-order valence-corrected chi connectivity index (χ4v) is 3.35. The summed E-state index contributed by atoms with van der Waals surface area (Å²) < 4.78 is 7.21. The Labute approximate surface area is 177 Å². The molecule has 0 aliphatic carbocycles. The van der Waals surface area contributed by atoms with E-state index < -0.39 is 0 Å². The van der Waals surface area contributed by atoms with Gasteiger partial charge in [-0.2, -0.15) is 0 Å². The molecule has 0 bridgehead atoms. The van der Waals surface area contributed by atoms with E-state index in [1.807, 2.05) is 29.9 Å². The zero-order valence-electron chi connectivity index (χ0n) is 19.2. The third-order valence-electron chi connectivity index (χ3n) is 5.08. The quantitative estimate of drug-likeness (QED) is 0.415. The predicted octanol–water partition coefficient (Wildman–Crippen LogP) is 3.85. The Kier molecular flexibility index (Phi) is 12.4. The maximum atomic E-state index is 13.1. The van der Waals surface area contributed by atoms with Crippen molar-refractivity contribution in [2.45, 2.75) is 65.8 Å². The molecule has 0 saturated carbocycles. The smallest absolute Gasteiger partial charge is 0.242 e. The summed E-state index contributed by atoms with van der Waals surface area (Å²) in [6, 6.07) is 3.99. The van der Waals surface area contributed by atoms with Crippen LogP contribution in [0.1, 0.15) is 65.0 Å². The summed E-state index contributed by atoms with van der Waals surface area (Å²) in [5.41, 5.74) is 1.06. The van der Waals surface area contributed by atoms with Crippen molar-refractivity contribution in [1.82, 2.24) is 14.4 Å². The molecule has 0 fully saturated rings. The van der Waals surface area contributed by atoms with E-state index in [1.54, 1.807) is 16.9 Å². The van der Waals surface area contributed by atoms with Crippen molar-refractivity contribution in [2.75, 3.05) is 33.4 Å². The minimum Gasteiger partial charge on any atom is -0.383 e. The van der Waals surface area contributed by atoms with Gasteiger partial charge < -0.3 is 19.1 Å². The highest BCUT2D eigenvalue weighted by Crippen LogP contribution is 2.11. The normalized spacial score (nSPS) is 11.1. The Balaban J connectivity index is 2.72. The van der Waals surface area contributed by atoms with E-state index in [9.17, 15) is 9.59 Å². The molecule has 29 heavy (non-hydrogen) atoms. The van der Waals surface area contributed by atoms with E-state index in [0.29, 0.717) is 38.6 Å². The van der Waals surface area contributed by atoms with E-state index in [4.69, 9.17) is 4.74 Å². The standard InChI is InChI=1S/C23H41N3O3/c1-6-7-8-9-10-13-22(27)26(17-20(2)3)19-23(28)25(15-16-29-5)18-21-12-11-14-24(21)4/h11-12,14,20H,6-10,13,15-19H2,1-5H3. The Morgan fingerprint density at radius 3 is 2.41 bits per heavy atom. The van der Waals surface area contributed by atoms with Crippen molar-refractivity contribution in [3.63, 3.8) is 0 Å². The number of hydrogen-bond donors (Lipinski definition) is 0. The first-order valence-electron chi connectivity index (χ1n) is 11.0. The summed E-state index contributed by atoms with van der Waals surface area (Å²) in [6.07, 6.45) is 8.07. The van der Waals surface area contributed by atoms with Crippen LogP contribution in [0.5, 0.6) is 0 Å². The van der Waals surface area contributed by atoms with Crippen molar-refractivity contribution in [2.24, 2.45) is 13.0 Å². The monoisotopic (exact) mass is 407 g/mol. The molecule has 0 N–H and O–H groups in total. The number of amides is 2. The average molecular weight is 408 g/mol. The average Bonchev–Trinajstić information content (AvgIpc) is 3.08. The van der Waals surface area contributed by atoms with Crippen molar-refractivity contribution in [3.8, 4) is 0 Å². The van der Waals surface area contributed by atoms with Gasteiger partial charge in [-0.05, 0) is 24.5 Å². The molecule has 0 saturated heterocycles. The summed E-state index contributed by atoms with van der Waals surface area (Å²) in [6.45, 7) is 8.62. The number of carbonyl (C=O) groups excluding carboxylic acids is 2. The van der Waals surface area contributed by atoms with Crippen molar-refractivity contribution in [1.29, 1.82) is 0 Å². The lowest BCUT2D eigenvalue weighted by Crippen LogP contribution is -2.45. The van der Waals surface area contributed by atoms with Crippen LogP contribution in [-0.2, 0) is 27.9 Å². The van der Waals surface area contributed by atoms with Crippen molar-refractivity contribution >= 4 is 11.8 Å². The van der Waals surface area contributed by atoms with Gasteiger partial charge in [0.15, 0.2) is 0 Å². The molecule has 0 aliphatic heterocycles. The number of carbonyl (C=O) groups is 2. The summed E-state index contributed by atoms with van der Waals surface area (Å²) in [5, 5.41) is 0. The zero-order valence-corrected chi connectivity index (χ0v) is 19.2. The van der Waals surface area contributed by atoms with Gasteiger partial charge in [0.05, 0.1) is 19.7 Å². The molecule has 1 aromatic rings. The van der Waals surface area contributed by atoms with E-state index >= 15 is 0 Å². The van der Waals surface area contributed by atoms with Gasteiger partial charge >= 0.3 is 0 Å². The van der Waals surface area contributed by atoms with Gasteiger partial charge in [-0.25, -0.2) is 0 Å². The minimum absolute atomic E-state index is 0.0248. The molecule has 166 valence electrons. The topological polar surface area (TPSA) is 54.8 Å². The van der Waals surface area contributed by atoms with Crippen molar-refractivity contribution < 1.29 is 14.3 Å². The van der Waals surface area contributed by atoms with Crippen LogP contribution in [0.15, 0.2) is 18.3 Å². The van der Waals surface area contributed by atoms with Gasteiger partial charge in [0.1, 0.15) is 0 Å². The summed E-state index contributed by atoms with van der Waals surface area (Å²) >= 11 is 0. The lowest BCUT2D eigenvalue weighted by Gasteiger charge is -2.29. The van der Waals surface area contributed by atoms with Gasteiger partial charge in [-0.3, -0.25) is 9.59 Å². The van der Waals surface area contributed by atoms with Gasteiger partial charge in [-0.15, -0.1) is 0 Å². The Bertz CT molecular complexity index is 598. The second-order valence-corrected chi connectivity index (χ2v) is 8.25. The van der Waals surface area contributed by atoms with Crippen LogP contribution in [-0.4, -0.2) is 59.5 Å². The number of methoxy groups -OCH3 is 1. The Hall–Kier alpha value is -1.82. The minimum atomic E-state index is -0.0248. The van der Waals surface area contributed by atoms with E-state index in [1.165, 1.54) is 19.3 Å². The van der Waals surface area contributed by atoms with Crippen LogP contribution >= 0.6 is 0 Å². The molecular formula is C23H41N3O3. The van der Waals surface area contributed by atoms with Gasteiger partial charge in [0, 0.05) is 45.6 Å². The van der Waals surface area contributed by atoms with Gasteiger partial charge in [0.25, 0.3) is 0 Å². The number of ether oxygens (including phenoxy) is 1. The fourth-order valence-electron chi connectivity index (χ4n) is 3.35. The molecule has 1 rings (SSSR count). The highest BCUT2D eigenvalue weighted by molar-refractivity contribution is 5.84. The number of unbranched alkanes of at least 4 members (excludes halogenated alkanes) is 4. The molecule has 1 aromatic heterocycles. The molecule has 0 atom stereocenters. The van der Waals surface area contributed by atoms with Crippen LogP contribution < -0.4 is 0 Å². The fraction of sp³-hybridized carbons (Fsp3) is 0.739. The first kappa shape index (κ1) is 25.2. The predicted molar refractivity (Wildman–Crippen MR) is 118 cm³/mol. The van der Waals surface area contributed by atoms with E-state index in [0.717, 1.165) is 18.5 Å². The first-order valence-corrected chi connectivity index (χ1v) is 11.0. The number of rotatable bonds is 15. The highest BCUT2D eigenvalue weighted by Gasteiger charge is 2.22. The maximum Gasteiger partial charge on any atom is 0.242 e. The van der Waals surface area contributed by atoms with Crippen LogP contribution in [0.25, 0.3) is 0 Å². The summed E-state index contributed by atoms with van der Waals surface area (Å²) in [7, 11) is 3.61. The molecule has 6 heteroatoms. The third kappa shape index (κ3) is 9.97. The molecule has 1 heterocycles. The molecule has 0 aromatic carbocycles. The zero-order chi connectivity index (χ0) is 21.6. The molecule has 6 nitrogen and oxygen atoms in total. The van der Waals surface area contributed by atoms with Crippen LogP contribution in [0, 0.1) is 5.92 Å². The molecule has 0 aliphatic rings. The lowest BCUT2D eigenvalue weighted by molar-refractivity contribution is -0.141. The van der Waals surface area contributed by atoms with Crippen LogP contribution in [0.4, 0.5) is 0 Å². The highest BCUT2D eigenvalue weighted by atomic mass is 16.5. The molecular weight excluding hydrogens is 366 g/mol. The van der Waals surface area contributed by atoms with Crippen LogP contribution in [0.3, 0.4) is 0 Å². The Morgan fingerprint density at radius 1 is 1.10 bits per heavy atom. The van der Waals surface area contributed by atoms with Crippen LogP contribution in [0.2, 0.25) is 0 Å². The second kappa shape index (κ2) is 14.2. The lowest BCUT2D eigenvalue weighted by atomic mass is 10.1. The largest absolute Gasteiger partial charge is 0.383 e. The van der Waals surface area contributed by atoms with E-state index in [-0.39, 0.29) is 18.4 Å². The number of nitrogens with zero attached hydrogens (tertiary/aromatic N) is 3. The molecule has 2 amide bonds.